The quantitative estimate of drug-likeness (QED) is 0.688. The van der Waals surface area contributed by atoms with Crippen molar-refractivity contribution in [3.8, 4) is 0 Å². The van der Waals surface area contributed by atoms with E-state index in [9.17, 15) is 0 Å². The lowest BCUT2D eigenvalue weighted by molar-refractivity contribution is -0.0333. The number of hydrogen-bond acceptors (Lipinski definition) is 1. The Labute approximate surface area is 107 Å². The van der Waals surface area contributed by atoms with Crippen molar-refractivity contribution in [3.05, 3.63) is 0 Å². The van der Waals surface area contributed by atoms with Crippen LogP contribution in [0.5, 0.6) is 0 Å². The fourth-order valence-electron chi connectivity index (χ4n) is 4.32. The highest BCUT2D eigenvalue weighted by molar-refractivity contribution is 4.88. The van der Waals surface area contributed by atoms with Crippen molar-refractivity contribution < 1.29 is 4.74 Å². The lowest BCUT2D eigenvalue weighted by atomic mass is 9.63. The molecule has 2 fully saturated rings. The zero-order valence-corrected chi connectivity index (χ0v) is 12.1. The van der Waals surface area contributed by atoms with Gasteiger partial charge in [0.1, 0.15) is 0 Å². The molecule has 4 atom stereocenters. The van der Waals surface area contributed by atoms with Crippen molar-refractivity contribution in [2.45, 2.75) is 65.4 Å². The topological polar surface area (TPSA) is 9.23 Å². The lowest BCUT2D eigenvalue weighted by Gasteiger charge is -2.44. The fraction of sp³-hybridized carbons (Fsp3) is 1.00. The summed E-state index contributed by atoms with van der Waals surface area (Å²) in [5.41, 5.74) is 0. The zero-order valence-electron chi connectivity index (χ0n) is 12.1. The standard InChI is InChI=1S/C16H30O/c1-11-5-7-14(8-6-11)15-9-10-16(17-4)13(3)12(15)2/h11-16H,5-10H2,1-4H3/t11?,12?,13?,14?,15-,16?/m1/s1. The van der Waals surface area contributed by atoms with Crippen LogP contribution in [0.15, 0.2) is 0 Å². The third-order valence-corrected chi connectivity index (χ3v) is 5.84. The summed E-state index contributed by atoms with van der Waals surface area (Å²) in [6, 6.07) is 0. The summed E-state index contributed by atoms with van der Waals surface area (Å²) in [6.07, 6.45) is 9.12. The molecule has 0 spiro atoms. The van der Waals surface area contributed by atoms with Gasteiger partial charge in [-0.15, -0.1) is 0 Å². The molecule has 0 aromatic carbocycles. The Balaban J connectivity index is 1.93. The first-order chi connectivity index (χ1) is 8.13. The SMILES string of the molecule is COC1CC[C@@H](C2CCC(C)CC2)C(C)C1C. The minimum Gasteiger partial charge on any atom is -0.381 e. The van der Waals surface area contributed by atoms with Gasteiger partial charge >= 0.3 is 0 Å². The van der Waals surface area contributed by atoms with Crippen molar-refractivity contribution in [3.63, 3.8) is 0 Å². The fourth-order valence-corrected chi connectivity index (χ4v) is 4.32. The van der Waals surface area contributed by atoms with E-state index in [-0.39, 0.29) is 0 Å². The molecule has 1 heteroatoms. The maximum absolute atomic E-state index is 5.63. The average Bonchev–Trinajstić information content (AvgIpc) is 2.34. The van der Waals surface area contributed by atoms with Gasteiger partial charge in [-0.3, -0.25) is 0 Å². The molecule has 17 heavy (non-hydrogen) atoms. The molecule has 2 saturated carbocycles. The maximum Gasteiger partial charge on any atom is 0.0599 e. The van der Waals surface area contributed by atoms with Crippen LogP contribution >= 0.6 is 0 Å². The van der Waals surface area contributed by atoms with Gasteiger partial charge in [-0.25, -0.2) is 0 Å². The molecule has 2 rings (SSSR count). The monoisotopic (exact) mass is 238 g/mol. The molecule has 0 aliphatic heterocycles. The molecule has 0 radical (unpaired) electrons. The summed E-state index contributed by atoms with van der Waals surface area (Å²) < 4.78 is 5.63. The van der Waals surface area contributed by atoms with Gasteiger partial charge in [-0.2, -0.15) is 0 Å². The third kappa shape index (κ3) is 2.86. The second kappa shape index (κ2) is 5.73. The summed E-state index contributed by atoms with van der Waals surface area (Å²) in [7, 11) is 1.89. The molecular weight excluding hydrogens is 208 g/mol. The van der Waals surface area contributed by atoms with Gasteiger partial charge in [-0.05, 0) is 55.3 Å². The minimum atomic E-state index is 0.517. The summed E-state index contributed by atoms with van der Waals surface area (Å²) in [6.45, 7) is 7.29. The first kappa shape index (κ1) is 13.4. The molecule has 0 aromatic heterocycles. The van der Waals surface area contributed by atoms with Gasteiger partial charge in [0.2, 0.25) is 0 Å². The van der Waals surface area contributed by atoms with Gasteiger partial charge in [0.25, 0.3) is 0 Å². The molecule has 0 saturated heterocycles. The smallest absolute Gasteiger partial charge is 0.0599 e. The second-order valence-electron chi connectivity index (χ2n) is 6.75. The van der Waals surface area contributed by atoms with Crippen molar-refractivity contribution >= 4 is 0 Å². The summed E-state index contributed by atoms with van der Waals surface area (Å²) in [5.74, 6) is 4.57. The van der Waals surface area contributed by atoms with Crippen molar-refractivity contribution in [2.75, 3.05) is 7.11 Å². The summed E-state index contributed by atoms with van der Waals surface area (Å²) in [5, 5.41) is 0. The highest BCUT2D eigenvalue weighted by atomic mass is 16.5. The Kier molecular flexibility index (Phi) is 4.52. The molecule has 3 unspecified atom stereocenters. The van der Waals surface area contributed by atoms with Crippen molar-refractivity contribution in [1.29, 1.82) is 0 Å². The van der Waals surface area contributed by atoms with Crippen LogP contribution in [0.1, 0.15) is 59.3 Å². The van der Waals surface area contributed by atoms with E-state index in [1.165, 1.54) is 38.5 Å². The summed E-state index contributed by atoms with van der Waals surface area (Å²) in [4.78, 5) is 0. The second-order valence-corrected chi connectivity index (χ2v) is 6.75. The molecule has 0 heterocycles. The van der Waals surface area contributed by atoms with Crippen molar-refractivity contribution in [2.24, 2.45) is 29.6 Å². The van der Waals surface area contributed by atoms with E-state index in [0.29, 0.717) is 6.10 Å². The highest BCUT2D eigenvalue weighted by Gasteiger charge is 2.38. The maximum atomic E-state index is 5.63. The number of hydrogen-bond donors (Lipinski definition) is 0. The molecule has 0 amide bonds. The molecule has 2 aliphatic carbocycles. The predicted octanol–water partition coefficient (Wildman–Crippen LogP) is 4.51. The van der Waals surface area contributed by atoms with Gasteiger partial charge in [0.15, 0.2) is 0 Å². The van der Waals surface area contributed by atoms with E-state index >= 15 is 0 Å². The van der Waals surface area contributed by atoms with E-state index < -0.39 is 0 Å². The average molecular weight is 238 g/mol. The van der Waals surface area contributed by atoms with Gasteiger partial charge in [-0.1, -0.05) is 33.6 Å². The van der Waals surface area contributed by atoms with Gasteiger partial charge in [0.05, 0.1) is 6.10 Å². The molecular formula is C16H30O. The molecule has 0 bridgehead atoms. The minimum absolute atomic E-state index is 0.517. The highest BCUT2D eigenvalue weighted by Crippen LogP contribution is 2.45. The lowest BCUT2D eigenvalue weighted by Crippen LogP contribution is -2.39. The van der Waals surface area contributed by atoms with Crippen LogP contribution in [-0.2, 0) is 4.74 Å². The van der Waals surface area contributed by atoms with E-state index in [1.54, 1.807) is 0 Å². The Bertz CT molecular complexity index is 228. The van der Waals surface area contributed by atoms with Crippen LogP contribution in [0, 0.1) is 29.6 Å². The molecule has 2 aliphatic rings. The molecule has 100 valence electrons. The van der Waals surface area contributed by atoms with Crippen LogP contribution in [-0.4, -0.2) is 13.2 Å². The van der Waals surface area contributed by atoms with E-state index in [1.807, 2.05) is 7.11 Å². The van der Waals surface area contributed by atoms with Crippen LogP contribution in [0.25, 0.3) is 0 Å². The number of ether oxygens (including phenoxy) is 1. The predicted molar refractivity (Wildman–Crippen MR) is 73.0 cm³/mol. The first-order valence-corrected chi connectivity index (χ1v) is 7.66. The molecule has 0 aromatic rings. The van der Waals surface area contributed by atoms with Crippen LogP contribution in [0.2, 0.25) is 0 Å². The number of methoxy groups -OCH3 is 1. The van der Waals surface area contributed by atoms with E-state index in [0.717, 1.165) is 29.6 Å². The Hall–Kier alpha value is -0.0400. The van der Waals surface area contributed by atoms with Crippen molar-refractivity contribution in [1.82, 2.24) is 0 Å². The summed E-state index contributed by atoms with van der Waals surface area (Å²) >= 11 is 0. The zero-order chi connectivity index (χ0) is 12.4. The van der Waals surface area contributed by atoms with E-state index in [2.05, 4.69) is 20.8 Å². The Morgan fingerprint density at radius 3 is 2.00 bits per heavy atom. The van der Waals surface area contributed by atoms with Crippen LogP contribution < -0.4 is 0 Å². The Morgan fingerprint density at radius 1 is 0.765 bits per heavy atom. The molecule has 1 nitrogen and oxygen atoms in total. The van der Waals surface area contributed by atoms with Crippen LogP contribution in [0.3, 0.4) is 0 Å². The number of rotatable bonds is 2. The third-order valence-electron chi connectivity index (χ3n) is 5.84. The largest absolute Gasteiger partial charge is 0.381 e. The van der Waals surface area contributed by atoms with Gasteiger partial charge < -0.3 is 4.74 Å². The first-order valence-electron chi connectivity index (χ1n) is 7.66. The normalized spacial score (nSPS) is 48.0. The van der Waals surface area contributed by atoms with E-state index in [4.69, 9.17) is 4.74 Å². The Morgan fingerprint density at radius 2 is 1.41 bits per heavy atom. The van der Waals surface area contributed by atoms with Gasteiger partial charge in [0, 0.05) is 7.11 Å². The van der Waals surface area contributed by atoms with Crippen LogP contribution in [0.4, 0.5) is 0 Å². The molecule has 0 N–H and O–H groups in total.